The number of pyridine rings is 1. The fourth-order valence-electron chi connectivity index (χ4n) is 3.83. The van der Waals surface area contributed by atoms with Gasteiger partial charge in [-0.25, -0.2) is 9.78 Å². The summed E-state index contributed by atoms with van der Waals surface area (Å²) >= 11 is 0. The number of nitrogens with one attached hydrogen (secondary N) is 2. The standard InChI is InChI=1S/C21H31N3O3/c1-5-27-20(26)19-18(22-9-6-10-25)17-16(24-19)12-13-11-14(21(2,3)4)7-8-15(13)23-17/h12,14,22,24-25H,5-11H2,1-4H3. The average Bonchev–Trinajstić information content (AvgIpc) is 2.97. The van der Waals surface area contributed by atoms with E-state index in [9.17, 15) is 4.79 Å². The number of aromatic amines is 1. The second kappa shape index (κ2) is 7.89. The minimum atomic E-state index is -0.382. The zero-order chi connectivity index (χ0) is 19.6. The third-order valence-corrected chi connectivity index (χ3v) is 5.47. The number of H-pyrrole nitrogens is 1. The fourth-order valence-corrected chi connectivity index (χ4v) is 3.83. The molecule has 0 radical (unpaired) electrons. The van der Waals surface area contributed by atoms with Gasteiger partial charge in [0.1, 0.15) is 5.52 Å². The molecule has 1 aliphatic carbocycles. The zero-order valence-corrected chi connectivity index (χ0v) is 16.8. The van der Waals surface area contributed by atoms with Crippen molar-refractivity contribution in [2.45, 2.75) is 53.4 Å². The third kappa shape index (κ3) is 4.10. The first-order chi connectivity index (χ1) is 12.8. The van der Waals surface area contributed by atoms with E-state index >= 15 is 0 Å². The molecule has 2 heterocycles. The molecule has 2 aromatic heterocycles. The Morgan fingerprint density at radius 1 is 1.44 bits per heavy atom. The molecular weight excluding hydrogens is 342 g/mol. The maximum absolute atomic E-state index is 12.4. The van der Waals surface area contributed by atoms with E-state index in [4.69, 9.17) is 14.8 Å². The van der Waals surface area contributed by atoms with Crippen LogP contribution in [0.25, 0.3) is 11.0 Å². The summed E-state index contributed by atoms with van der Waals surface area (Å²) in [6.45, 7) is 9.67. The SMILES string of the molecule is CCOC(=O)c1[nH]c2cc3c(nc2c1NCCCO)CCC(C(C)(C)C)C3. The average molecular weight is 373 g/mol. The van der Waals surface area contributed by atoms with Crippen LogP contribution in [-0.2, 0) is 17.6 Å². The number of aliphatic hydroxyl groups is 1. The summed E-state index contributed by atoms with van der Waals surface area (Å²) < 4.78 is 5.20. The van der Waals surface area contributed by atoms with Crippen LogP contribution < -0.4 is 5.32 Å². The Morgan fingerprint density at radius 2 is 2.22 bits per heavy atom. The molecule has 1 atom stereocenters. The molecule has 0 aliphatic heterocycles. The van der Waals surface area contributed by atoms with Gasteiger partial charge in [0.25, 0.3) is 0 Å². The van der Waals surface area contributed by atoms with E-state index in [0.29, 0.717) is 36.9 Å². The van der Waals surface area contributed by atoms with E-state index in [0.717, 1.165) is 36.0 Å². The third-order valence-electron chi connectivity index (χ3n) is 5.47. The van der Waals surface area contributed by atoms with Crippen molar-refractivity contribution >= 4 is 22.7 Å². The molecule has 0 spiro atoms. The maximum atomic E-state index is 12.4. The molecule has 0 bridgehead atoms. The number of hydrogen-bond acceptors (Lipinski definition) is 5. The lowest BCUT2D eigenvalue weighted by Crippen LogP contribution is -2.27. The first-order valence-corrected chi connectivity index (χ1v) is 9.91. The largest absolute Gasteiger partial charge is 0.461 e. The van der Waals surface area contributed by atoms with E-state index in [1.165, 1.54) is 5.56 Å². The topological polar surface area (TPSA) is 87.2 Å². The lowest BCUT2D eigenvalue weighted by atomic mass is 9.71. The van der Waals surface area contributed by atoms with E-state index in [1.807, 2.05) is 0 Å². The van der Waals surface area contributed by atoms with Crippen LogP contribution >= 0.6 is 0 Å². The summed E-state index contributed by atoms with van der Waals surface area (Å²) in [7, 11) is 0. The highest BCUT2D eigenvalue weighted by Crippen LogP contribution is 2.38. The monoisotopic (exact) mass is 373 g/mol. The van der Waals surface area contributed by atoms with Gasteiger partial charge >= 0.3 is 5.97 Å². The van der Waals surface area contributed by atoms with Gasteiger partial charge in [-0.3, -0.25) is 0 Å². The van der Waals surface area contributed by atoms with Gasteiger partial charge in [-0.05, 0) is 55.6 Å². The zero-order valence-electron chi connectivity index (χ0n) is 16.8. The molecule has 0 aromatic carbocycles. The summed E-state index contributed by atoms with van der Waals surface area (Å²) in [4.78, 5) is 20.5. The minimum absolute atomic E-state index is 0.0983. The molecule has 6 nitrogen and oxygen atoms in total. The lowest BCUT2D eigenvalue weighted by Gasteiger charge is -2.34. The number of hydrogen-bond donors (Lipinski definition) is 3. The van der Waals surface area contributed by atoms with Gasteiger partial charge in [0.05, 0.1) is 17.8 Å². The Hall–Kier alpha value is -2.08. The van der Waals surface area contributed by atoms with Crippen LogP contribution in [0.5, 0.6) is 0 Å². The van der Waals surface area contributed by atoms with E-state index in [2.05, 4.69) is 37.1 Å². The summed E-state index contributed by atoms with van der Waals surface area (Å²) in [6.07, 6.45) is 3.72. The van der Waals surface area contributed by atoms with Crippen molar-refractivity contribution in [3.63, 3.8) is 0 Å². The second-order valence-corrected chi connectivity index (χ2v) is 8.40. The highest BCUT2D eigenvalue weighted by atomic mass is 16.5. The van der Waals surface area contributed by atoms with Crippen LogP contribution in [0, 0.1) is 11.3 Å². The van der Waals surface area contributed by atoms with Crippen LogP contribution in [0.1, 0.15) is 62.3 Å². The highest BCUT2D eigenvalue weighted by molar-refractivity contribution is 6.04. The maximum Gasteiger partial charge on any atom is 0.357 e. The predicted octanol–water partition coefficient (Wildman–Crippen LogP) is 3.68. The summed E-state index contributed by atoms with van der Waals surface area (Å²) in [5.74, 6) is 0.249. The number of aromatic nitrogens is 2. The van der Waals surface area contributed by atoms with Crippen molar-refractivity contribution in [3.8, 4) is 0 Å². The fraction of sp³-hybridized carbons (Fsp3) is 0.619. The Kier molecular flexibility index (Phi) is 5.75. The quantitative estimate of drug-likeness (QED) is 0.531. The first kappa shape index (κ1) is 19.7. The molecule has 0 saturated heterocycles. The number of carbonyl (C=O) groups is 1. The number of carbonyl (C=O) groups excluding carboxylic acids is 1. The van der Waals surface area contributed by atoms with Crippen molar-refractivity contribution in [2.24, 2.45) is 11.3 Å². The number of aliphatic hydroxyl groups excluding tert-OH is 1. The number of ether oxygens (including phenoxy) is 1. The van der Waals surface area contributed by atoms with Crippen molar-refractivity contribution < 1.29 is 14.6 Å². The van der Waals surface area contributed by atoms with Gasteiger partial charge in [-0.1, -0.05) is 20.8 Å². The lowest BCUT2D eigenvalue weighted by molar-refractivity contribution is 0.0521. The predicted molar refractivity (Wildman–Crippen MR) is 107 cm³/mol. The molecule has 0 saturated carbocycles. The minimum Gasteiger partial charge on any atom is -0.461 e. The van der Waals surface area contributed by atoms with Crippen LogP contribution in [0.3, 0.4) is 0 Å². The molecule has 0 amide bonds. The van der Waals surface area contributed by atoms with Gasteiger partial charge in [-0.2, -0.15) is 0 Å². The van der Waals surface area contributed by atoms with Gasteiger partial charge in [0.15, 0.2) is 5.69 Å². The molecule has 148 valence electrons. The van der Waals surface area contributed by atoms with Crippen LogP contribution in [0.2, 0.25) is 0 Å². The molecule has 6 heteroatoms. The second-order valence-electron chi connectivity index (χ2n) is 8.40. The number of rotatable bonds is 6. The molecular formula is C21H31N3O3. The summed E-state index contributed by atoms with van der Waals surface area (Å²) in [5.41, 5.74) is 5.40. The Labute approximate surface area is 160 Å². The van der Waals surface area contributed by atoms with Crippen LogP contribution in [0.4, 0.5) is 5.69 Å². The van der Waals surface area contributed by atoms with Crippen LogP contribution in [-0.4, -0.2) is 40.8 Å². The van der Waals surface area contributed by atoms with Crippen LogP contribution in [0.15, 0.2) is 6.07 Å². The number of nitrogens with zero attached hydrogens (tertiary/aromatic N) is 1. The molecule has 3 rings (SSSR count). The molecule has 0 fully saturated rings. The molecule has 3 N–H and O–H groups in total. The number of aryl methyl sites for hydroxylation is 1. The smallest absolute Gasteiger partial charge is 0.357 e. The molecule has 27 heavy (non-hydrogen) atoms. The van der Waals surface area contributed by atoms with E-state index in [1.54, 1.807) is 6.92 Å². The van der Waals surface area contributed by atoms with Crippen molar-refractivity contribution in [1.29, 1.82) is 0 Å². The van der Waals surface area contributed by atoms with E-state index < -0.39 is 0 Å². The normalized spacial score (nSPS) is 17.0. The van der Waals surface area contributed by atoms with Crippen molar-refractivity contribution in [3.05, 3.63) is 23.0 Å². The van der Waals surface area contributed by atoms with Gasteiger partial charge in [-0.15, -0.1) is 0 Å². The number of anilines is 1. The van der Waals surface area contributed by atoms with Gasteiger partial charge < -0.3 is 20.1 Å². The summed E-state index contributed by atoms with van der Waals surface area (Å²) in [5, 5.41) is 12.3. The molecule has 1 unspecified atom stereocenters. The first-order valence-electron chi connectivity index (χ1n) is 9.91. The Balaban J connectivity index is 2.01. The number of esters is 1. The van der Waals surface area contributed by atoms with Crippen molar-refractivity contribution in [1.82, 2.24) is 9.97 Å². The van der Waals surface area contributed by atoms with Gasteiger partial charge in [0, 0.05) is 18.8 Å². The number of fused-ring (bicyclic) bond motifs is 2. The van der Waals surface area contributed by atoms with Gasteiger partial charge in [0.2, 0.25) is 0 Å². The Morgan fingerprint density at radius 3 is 2.89 bits per heavy atom. The molecule has 2 aromatic rings. The van der Waals surface area contributed by atoms with E-state index in [-0.39, 0.29) is 18.0 Å². The summed E-state index contributed by atoms with van der Waals surface area (Å²) in [6, 6.07) is 2.15. The van der Waals surface area contributed by atoms with Crippen molar-refractivity contribution in [2.75, 3.05) is 25.1 Å². The highest BCUT2D eigenvalue weighted by Gasteiger charge is 2.30. The Bertz CT molecular complexity index is 820. The molecule has 1 aliphatic rings.